The predicted octanol–water partition coefficient (Wildman–Crippen LogP) is -0.125. The van der Waals surface area contributed by atoms with E-state index < -0.39 is 0 Å². The smallest absolute Gasteiger partial charge is 0.244 e. The number of rotatable bonds is 4. The molecule has 0 spiro atoms. The number of likely N-dealkylation sites (tertiary alicyclic amines) is 1. The molecule has 6 heteroatoms. The van der Waals surface area contributed by atoms with Crippen molar-refractivity contribution in [3.05, 3.63) is 12.4 Å². The molecule has 1 saturated heterocycles. The zero-order valence-corrected chi connectivity index (χ0v) is 11.0. The number of aromatic nitrogens is 2. The van der Waals surface area contributed by atoms with Crippen molar-refractivity contribution in [2.75, 3.05) is 39.5 Å². The van der Waals surface area contributed by atoms with Crippen molar-refractivity contribution in [2.45, 2.75) is 13.0 Å². The van der Waals surface area contributed by atoms with E-state index in [0.717, 1.165) is 19.6 Å². The number of anilines is 1. The zero-order valence-electron chi connectivity index (χ0n) is 11.0. The van der Waals surface area contributed by atoms with Gasteiger partial charge in [-0.3, -0.25) is 9.48 Å². The van der Waals surface area contributed by atoms with Crippen LogP contribution >= 0.6 is 0 Å². The molecule has 2 N–H and O–H groups in total. The van der Waals surface area contributed by atoms with E-state index in [1.54, 1.807) is 22.0 Å². The van der Waals surface area contributed by atoms with Crippen LogP contribution in [-0.4, -0.2) is 59.2 Å². The van der Waals surface area contributed by atoms with Crippen LogP contribution in [-0.2, 0) is 11.3 Å². The highest BCUT2D eigenvalue weighted by molar-refractivity contribution is 5.75. The summed E-state index contributed by atoms with van der Waals surface area (Å²) in [6.07, 6.45) is 4.40. The highest BCUT2D eigenvalue weighted by Crippen LogP contribution is 2.15. The SMILES string of the molecule is CN1CCC(CN(C)C(=O)Cn2cc(N)cn2)C1. The number of carbonyl (C=O) groups is 1. The third-order valence-corrected chi connectivity index (χ3v) is 3.40. The van der Waals surface area contributed by atoms with Crippen LogP contribution in [0.25, 0.3) is 0 Å². The molecule has 0 aromatic carbocycles. The fourth-order valence-electron chi connectivity index (χ4n) is 2.39. The van der Waals surface area contributed by atoms with E-state index in [9.17, 15) is 4.79 Å². The molecule has 2 heterocycles. The van der Waals surface area contributed by atoms with E-state index in [-0.39, 0.29) is 12.5 Å². The number of hydrogen-bond acceptors (Lipinski definition) is 4. The van der Waals surface area contributed by atoms with Crippen LogP contribution in [0.4, 0.5) is 5.69 Å². The monoisotopic (exact) mass is 251 g/mol. The minimum Gasteiger partial charge on any atom is -0.396 e. The quantitative estimate of drug-likeness (QED) is 0.810. The summed E-state index contributed by atoms with van der Waals surface area (Å²) in [5, 5.41) is 4.02. The number of likely N-dealkylation sites (N-methyl/N-ethyl adjacent to an activating group) is 1. The number of nitrogen functional groups attached to an aromatic ring is 1. The van der Waals surface area contributed by atoms with E-state index in [2.05, 4.69) is 17.0 Å². The van der Waals surface area contributed by atoms with Crippen LogP contribution in [0.1, 0.15) is 6.42 Å². The lowest BCUT2D eigenvalue weighted by molar-refractivity contribution is -0.131. The van der Waals surface area contributed by atoms with Gasteiger partial charge in [0.05, 0.1) is 11.9 Å². The largest absolute Gasteiger partial charge is 0.396 e. The van der Waals surface area contributed by atoms with Crippen LogP contribution in [0.15, 0.2) is 12.4 Å². The third kappa shape index (κ3) is 3.22. The van der Waals surface area contributed by atoms with Crippen LogP contribution in [0, 0.1) is 5.92 Å². The summed E-state index contributed by atoms with van der Waals surface area (Å²) in [5.41, 5.74) is 6.15. The number of hydrogen-bond donors (Lipinski definition) is 1. The van der Waals surface area contributed by atoms with Crippen LogP contribution in [0.3, 0.4) is 0 Å². The number of amides is 1. The number of nitrogens with zero attached hydrogens (tertiary/aromatic N) is 4. The first kappa shape index (κ1) is 12.9. The molecule has 1 aliphatic heterocycles. The Morgan fingerprint density at radius 3 is 3.00 bits per heavy atom. The maximum Gasteiger partial charge on any atom is 0.244 e. The topological polar surface area (TPSA) is 67.4 Å². The van der Waals surface area contributed by atoms with Crippen molar-refractivity contribution < 1.29 is 4.79 Å². The van der Waals surface area contributed by atoms with Crippen LogP contribution in [0.2, 0.25) is 0 Å². The maximum atomic E-state index is 12.0. The fraction of sp³-hybridized carbons (Fsp3) is 0.667. The Morgan fingerprint density at radius 2 is 2.44 bits per heavy atom. The fourth-order valence-corrected chi connectivity index (χ4v) is 2.39. The van der Waals surface area contributed by atoms with Gasteiger partial charge in [0.2, 0.25) is 5.91 Å². The zero-order chi connectivity index (χ0) is 13.1. The van der Waals surface area contributed by atoms with E-state index in [4.69, 9.17) is 5.73 Å². The third-order valence-electron chi connectivity index (χ3n) is 3.40. The van der Waals surface area contributed by atoms with Gasteiger partial charge >= 0.3 is 0 Å². The average Bonchev–Trinajstić information content (AvgIpc) is 2.88. The summed E-state index contributed by atoms with van der Waals surface area (Å²) in [6.45, 7) is 3.28. The van der Waals surface area contributed by atoms with Gasteiger partial charge in [-0.05, 0) is 25.9 Å². The van der Waals surface area contributed by atoms with E-state index in [1.807, 2.05) is 7.05 Å². The molecule has 1 unspecified atom stereocenters. The Hall–Kier alpha value is -1.56. The standard InChI is InChI=1S/C12H21N5O/c1-15-4-3-10(6-15)7-16(2)12(18)9-17-8-11(13)5-14-17/h5,8,10H,3-4,6-7,9,13H2,1-2H3. The summed E-state index contributed by atoms with van der Waals surface area (Å²) in [5.74, 6) is 0.666. The first-order valence-electron chi connectivity index (χ1n) is 6.25. The van der Waals surface area contributed by atoms with Crippen LogP contribution < -0.4 is 5.73 Å². The van der Waals surface area contributed by atoms with Crippen molar-refractivity contribution in [3.8, 4) is 0 Å². The van der Waals surface area contributed by atoms with E-state index in [1.165, 1.54) is 6.42 Å². The summed E-state index contributed by atoms with van der Waals surface area (Å²) in [4.78, 5) is 16.1. The second-order valence-corrected chi connectivity index (χ2v) is 5.16. The predicted molar refractivity (Wildman–Crippen MR) is 69.9 cm³/mol. The molecular formula is C12H21N5O. The highest BCUT2D eigenvalue weighted by Gasteiger charge is 2.22. The molecule has 2 rings (SSSR count). The number of nitrogens with two attached hydrogens (primary N) is 1. The van der Waals surface area contributed by atoms with Gasteiger partial charge in [0.1, 0.15) is 6.54 Å². The Labute approximate surface area is 107 Å². The Kier molecular flexibility index (Phi) is 3.86. The van der Waals surface area contributed by atoms with Gasteiger partial charge in [-0.25, -0.2) is 0 Å². The van der Waals surface area contributed by atoms with Gasteiger partial charge in [0.15, 0.2) is 0 Å². The molecule has 1 aromatic heterocycles. The van der Waals surface area contributed by atoms with Crippen molar-refractivity contribution in [1.82, 2.24) is 19.6 Å². The van der Waals surface area contributed by atoms with E-state index in [0.29, 0.717) is 11.6 Å². The second kappa shape index (κ2) is 5.39. The molecule has 18 heavy (non-hydrogen) atoms. The summed E-state index contributed by atoms with van der Waals surface area (Å²) >= 11 is 0. The molecule has 100 valence electrons. The Bertz CT molecular complexity index is 416. The molecule has 1 amide bonds. The lowest BCUT2D eigenvalue weighted by Crippen LogP contribution is -2.35. The van der Waals surface area contributed by atoms with Crippen molar-refractivity contribution in [1.29, 1.82) is 0 Å². The van der Waals surface area contributed by atoms with Gasteiger partial charge in [-0.1, -0.05) is 0 Å². The molecule has 0 saturated carbocycles. The first-order chi connectivity index (χ1) is 8.54. The van der Waals surface area contributed by atoms with E-state index >= 15 is 0 Å². The van der Waals surface area contributed by atoms with Crippen molar-refractivity contribution in [2.24, 2.45) is 5.92 Å². The molecule has 0 aliphatic carbocycles. The molecule has 1 fully saturated rings. The Morgan fingerprint density at radius 1 is 1.67 bits per heavy atom. The van der Waals surface area contributed by atoms with Crippen molar-refractivity contribution >= 4 is 11.6 Å². The minimum atomic E-state index is 0.0765. The lowest BCUT2D eigenvalue weighted by atomic mass is 10.1. The van der Waals surface area contributed by atoms with Gasteiger partial charge in [-0.15, -0.1) is 0 Å². The van der Waals surface area contributed by atoms with Gasteiger partial charge in [0.25, 0.3) is 0 Å². The average molecular weight is 251 g/mol. The highest BCUT2D eigenvalue weighted by atomic mass is 16.2. The molecule has 1 aromatic rings. The normalized spacial score (nSPS) is 20.2. The van der Waals surface area contributed by atoms with Gasteiger partial charge in [-0.2, -0.15) is 5.10 Å². The number of carbonyl (C=O) groups excluding carboxylic acids is 1. The summed E-state index contributed by atoms with van der Waals surface area (Å²) in [6, 6.07) is 0. The molecule has 0 bridgehead atoms. The van der Waals surface area contributed by atoms with Crippen molar-refractivity contribution in [3.63, 3.8) is 0 Å². The minimum absolute atomic E-state index is 0.0765. The maximum absolute atomic E-state index is 12.0. The Balaban J connectivity index is 1.81. The van der Waals surface area contributed by atoms with Gasteiger partial charge < -0.3 is 15.5 Å². The molecule has 1 aliphatic rings. The first-order valence-corrected chi connectivity index (χ1v) is 6.25. The summed E-state index contributed by atoms with van der Waals surface area (Å²) < 4.78 is 1.58. The molecule has 1 atom stereocenters. The van der Waals surface area contributed by atoms with Gasteiger partial charge in [0, 0.05) is 26.3 Å². The lowest BCUT2D eigenvalue weighted by Gasteiger charge is -2.21. The second-order valence-electron chi connectivity index (χ2n) is 5.16. The molecule has 0 radical (unpaired) electrons. The summed E-state index contributed by atoms with van der Waals surface area (Å²) in [7, 11) is 3.97. The van der Waals surface area contributed by atoms with Crippen LogP contribution in [0.5, 0.6) is 0 Å². The molecular weight excluding hydrogens is 230 g/mol. The molecule has 6 nitrogen and oxygen atoms in total.